The zero-order chi connectivity index (χ0) is 19.4. The Morgan fingerprint density at radius 3 is 1.96 bits per heavy atom. The lowest BCUT2D eigenvalue weighted by molar-refractivity contribution is 0.0597. The van der Waals surface area contributed by atoms with Gasteiger partial charge in [-0.3, -0.25) is 4.79 Å². The highest BCUT2D eigenvalue weighted by Crippen LogP contribution is 2.22. The van der Waals surface area contributed by atoms with E-state index < -0.39 is 11.8 Å². The predicted octanol–water partition coefficient (Wildman–Crippen LogP) is 3.36. The molecule has 0 saturated heterocycles. The number of benzene rings is 2. The summed E-state index contributed by atoms with van der Waals surface area (Å²) in [4.78, 5) is 24.0. The molecule has 0 fully saturated rings. The highest BCUT2D eigenvalue weighted by atomic mass is 16.5. The van der Waals surface area contributed by atoms with E-state index in [-0.39, 0.29) is 22.4 Å². The molecular formula is C21H23NO4. The standard InChI is InChI=1S/C15H12O4.C6H11N/c1-19-15(18)11-7-3-2-6-10(11)14(17)12-8-4-5-9-13(12)16;1-3-5-7-6-4-2/h2-9,16H,1H3;3-4,7H,1-2,5-6H2. The maximum absolute atomic E-state index is 12.3. The molecule has 0 saturated carbocycles. The van der Waals surface area contributed by atoms with Gasteiger partial charge in [0.25, 0.3) is 0 Å². The van der Waals surface area contributed by atoms with Gasteiger partial charge >= 0.3 is 5.97 Å². The van der Waals surface area contributed by atoms with Crippen molar-refractivity contribution >= 4 is 11.8 Å². The van der Waals surface area contributed by atoms with Crippen molar-refractivity contribution in [3.05, 3.63) is 90.5 Å². The summed E-state index contributed by atoms with van der Waals surface area (Å²) in [6.45, 7) is 8.81. The van der Waals surface area contributed by atoms with Gasteiger partial charge in [-0.05, 0) is 18.2 Å². The van der Waals surface area contributed by atoms with Crippen LogP contribution in [0.25, 0.3) is 0 Å². The van der Waals surface area contributed by atoms with Gasteiger partial charge in [-0.25, -0.2) is 4.79 Å². The number of para-hydroxylation sites is 1. The Morgan fingerprint density at radius 1 is 0.962 bits per heavy atom. The number of carbonyl (C=O) groups is 2. The van der Waals surface area contributed by atoms with Gasteiger partial charge in [-0.15, -0.1) is 13.2 Å². The summed E-state index contributed by atoms with van der Waals surface area (Å²) >= 11 is 0. The number of carbonyl (C=O) groups excluding carboxylic acids is 2. The molecule has 0 aliphatic heterocycles. The average Bonchev–Trinajstić information content (AvgIpc) is 2.68. The highest BCUT2D eigenvalue weighted by molar-refractivity contribution is 6.15. The molecule has 0 spiro atoms. The lowest BCUT2D eigenvalue weighted by atomic mass is 9.98. The van der Waals surface area contributed by atoms with Crippen LogP contribution < -0.4 is 5.32 Å². The minimum absolute atomic E-state index is 0.118. The molecule has 0 heterocycles. The Bertz CT molecular complexity index is 760. The number of phenols is 1. The van der Waals surface area contributed by atoms with Crippen LogP contribution in [0.3, 0.4) is 0 Å². The van der Waals surface area contributed by atoms with Gasteiger partial charge in [0.1, 0.15) is 5.75 Å². The van der Waals surface area contributed by atoms with Crippen LogP contribution in [0.4, 0.5) is 0 Å². The second-order valence-electron chi connectivity index (χ2n) is 5.12. The largest absolute Gasteiger partial charge is 0.507 e. The van der Waals surface area contributed by atoms with Gasteiger partial charge in [-0.2, -0.15) is 0 Å². The first-order valence-corrected chi connectivity index (χ1v) is 7.99. The first kappa shape index (κ1) is 20.9. The molecule has 0 aromatic heterocycles. The van der Waals surface area contributed by atoms with Crippen LogP contribution in [0.15, 0.2) is 73.8 Å². The monoisotopic (exact) mass is 353 g/mol. The zero-order valence-electron chi connectivity index (χ0n) is 14.8. The summed E-state index contributed by atoms with van der Waals surface area (Å²) < 4.78 is 4.64. The first-order valence-electron chi connectivity index (χ1n) is 7.99. The van der Waals surface area contributed by atoms with Crippen molar-refractivity contribution in [2.45, 2.75) is 0 Å². The van der Waals surface area contributed by atoms with Crippen LogP contribution in [0.5, 0.6) is 5.75 Å². The maximum atomic E-state index is 12.3. The molecule has 2 N–H and O–H groups in total. The molecule has 2 rings (SSSR count). The molecule has 26 heavy (non-hydrogen) atoms. The normalized spacial score (nSPS) is 9.42. The van der Waals surface area contributed by atoms with E-state index >= 15 is 0 Å². The highest BCUT2D eigenvalue weighted by Gasteiger charge is 2.20. The minimum atomic E-state index is -0.584. The fraction of sp³-hybridized carbons (Fsp3) is 0.143. The molecule has 136 valence electrons. The van der Waals surface area contributed by atoms with Gasteiger partial charge in [0, 0.05) is 18.7 Å². The van der Waals surface area contributed by atoms with Gasteiger partial charge in [0.05, 0.1) is 18.2 Å². The van der Waals surface area contributed by atoms with Crippen LogP contribution >= 0.6 is 0 Å². The molecule has 0 bridgehead atoms. The summed E-state index contributed by atoms with van der Waals surface area (Å²) in [6, 6.07) is 12.5. The third kappa shape index (κ3) is 6.03. The van der Waals surface area contributed by atoms with E-state index in [1.807, 2.05) is 12.2 Å². The molecule has 5 heteroatoms. The fourth-order valence-electron chi connectivity index (χ4n) is 2.07. The number of hydrogen-bond donors (Lipinski definition) is 2. The van der Waals surface area contributed by atoms with Gasteiger partial charge < -0.3 is 15.2 Å². The molecule has 0 atom stereocenters. The third-order valence-corrected chi connectivity index (χ3v) is 3.30. The number of methoxy groups -OCH3 is 1. The van der Waals surface area contributed by atoms with Crippen molar-refractivity contribution in [3.8, 4) is 5.75 Å². The van der Waals surface area contributed by atoms with E-state index in [0.29, 0.717) is 0 Å². The Balaban J connectivity index is 0.000000412. The van der Waals surface area contributed by atoms with E-state index in [1.165, 1.54) is 31.4 Å². The summed E-state index contributed by atoms with van der Waals surface area (Å²) in [6.07, 6.45) is 3.65. The number of ether oxygens (including phenoxy) is 1. The lowest BCUT2D eigenvalue weighted by Gasteiger charge is -2.07. The van der Waals surface area contributed by atoms with Crippen molar-refractivity contribution in [2.75, 3.05) is 20.2 Å². The molecule has 0 amide bonds. The van der Waals surface area contributed by atoms with Gasteiger partial charge in [0.15, 0.2) is 5.78 Å². The SMILES string of the molecule is C=CCNCC=C.COC(=O)c1ccccc1C(=O)c1ccccc1O. The smallest absolute Gasteiger partial charge is 0.338 e. The Morgan fingerprint density at radius 2 is 1.46 bits per heavy atom. The summed E-state index contributed by atoms with van der Waals surface area (Å²) in [5, 5.41) is 12.7. The van der Waals surface area contributed by atoms with E-state index in [1.54, 1.807) is 24.3 Å². The zero-order valence-corrected chi connectivity index (χ0v) is 14.8. The molecule has 0 unspecified atom stereocenters. The Labute approximate surface area is 153 Å². The third-order valence-electron chi connectivity index (χ3n) is 3.30. The molecule has 2 aromatic carbocycles. The summed E-state index contributed by atoms with van der Waals surface area (Å²) in [7, 11) is 1.25. The molecule has 0 aliphatic carbocycles. The fourth-order valence-corrected chi connectivity index (χ4v) is 2.07. The van der Waals surface area contributed by atoms with E-state index in [4.69, 9.17) is 0 Å². The van der Waals surface area contributed by atoms with E-state index in [0.717, 1.165) is 13.1 Å². The minimum Gasteiger partial charge on any atom is -0.507 e. The quantitative estimate of drug-likeness (QED) is 0.345. The Kier molecular flexibility index (Phi) is 9.14. The average molecular weight is 353 g/mol. The van der Waals surface area contributed by atoms with Crippen LogP contribution in [0, 0.1) is 0 Å². The van der Waals surface area contributed by atoms with Gasteiger partial charge in [-0.1, -0.05) is 42.5 Å². The molecular weight excluding hydrogens is 330 g/mol. The molecule has 5 nitrogen and oxygen atoms in total. The van der Waals surface area contributed by atoms with Crippen molar-refractivity contribution < 1.29 is 19.4 Å². The second-order valence-corrected chi connectivity index (χ2v) is 5.12. The van der Waals surface area contributed by atoms with Gasteiger partial charge in [0.2, 0.25) is 0 Å². The Hall–Kier alpha value is -3.18. The maximum Gasteiger partial charge on any atom is 0.338 e. The lowest BCUT2D eigenvalue weighted by Crippen LogP contribution is -2.11. The number of rotatable bonds is 7. The van der Waals surface area contributed by atoms with Crippen molar-refractivity contribution in [1.82, 2.24) is 5.32 Å². The van der Waals surface area contributed by atoms with Crippen molar-refractivity contribution in [3.63, 3.8) is 0 Å². The van der Waals surface area contributed by atoms with Crippen LogP contribution in [0.2, 0.25) is 0 Å². The molecule has 0 aliphatic rings. The van der Waals surface area contributed by atoms with Crippen molar-refractivity contribution in [1.29, 1.82) is 0 Å². The number of aromatic hydroxyl groups is 1. The topological polar surface area (TPSA) is 75.6 Å². The number of phenolic OH excluding ortho intramolecular Hbond substituents is 1. The molecule has 2 aromatic rings. The number of hydrogen-bond acceptors (Lipinski definition) is 5. The molecule has 0 radical (unpaired) electrons. The van der Waals surface area contributed by atoms with Crippen LogP contribution in [0.1, 0.15) is 26.3 Å². The van der Waals surface area contributed by atoms with Crippen LogP contribution in [-0.2, 0) is 4.74 Å². The second kappa shape index (κ2) is 11.4. The van der Waals surface area contributed by atoms with E-state index in [2.05, 4.69) is 23.2 Å². The number of ketones is 1. The first-order chi connectivity index (χ1) is 12.6. The van der Waals surface area contributed by atoms with Crippen molar-refractivity contribution in [2.24, 2.45) is 0 Å². The van der Waals surface area contributed by atoms with E-state index in [9.17, 15) is 14.7 Å². The summed E-state index contributed by atoms with van der Waals surface area (Å²) in [5.41, 5.74) is 0.535. The number of nitrogens with one attached hydrogen (secondary N) is 1. The van der Waals surface area contributed by atoms with Crippen LogP contribution in [-0.4, -0.2) is 37.1 Å². The number of esters is 1. The predicted molar refractivity (Wildman–Crippen MR) is 103 cm³/mol. The summed E-state index contributed by atoms with van der Waals surface area (Å²) in [5.74, 6) is -1.12.